The maximum Gasteiger partial charge on any atom is 0.244 e. The van der Waals surface area contributed by atoms with E-state index in [0.717, 1.165) is 47.4 Å². The van der Waals surface area contributed by atoms with E-state index >= 15 is 0 Å². The number of rotatable bonds is 11. The number of anilines is 1. The number of nitrogens with one attached hydrogen (secondary N) is 1. The first-order valence-electron chi connectivity index (χ1n) is 13.2. The number of sulfonamides is 1. The highest BCUT2D eigenvalue weighted by Gasteiger charge is 2.34. The van der Waals surface area contributed by atoms with Crippen molar-refractivity contribution >= 4 is 55.1 Å². The van der Waals surface area contributed by atoms with Gasteiger partial charge in [0.1, 0.15) is 12.6 Å². The number of para-hydroxylation sites is 1. The predicted octanol–water partition coefficient (Wildman–Crippen LogP) is 5.57. The third-order valence-corrected chi connectivity index (χ3v) is 9.09. The Kier molecular flexibility index (Phi) is 10.3. The molecule has 1 unspecified atom stereocenters. The summed E-state index contributed by atoms with van der Waals surface area (Å²) in [6.07, 6.45) is 5.26. The molecule has 1 atom stereocenters. The second-order valence-electron chi connectivity index (χ2n) is 10.1. The van der Waals surface area contributed by atoms with Gasteiger partial charge in [0.05, 0.1) is 11.9 Å². The van der Waals surface area contributed by atoms with Crippen molar-refractivity contribution in [1.29, 1.82) is 0 Å². The van der Waals surface area contributed by atoms with Crippen LogP contribution in [0.15, 0.2) is 83.3 Å². The Morgan fingerprint density at radius 2 is 1.57 bits per heavy atom. The summed E-state index contributed by atoms with van der Waals surface area (Å²) in [6.45, 7) is -0.351. The normalized spacial score (nSPS) is 14.5. The summed E-state index contributed by atoms with van der Waals surface area (Å²) in [5, 5.41) is 3.71. The van der Waals surface area contributed by atoms with Crippen LogP contribution in [-0.4, -0.2) is 50.0 Å². The van der Waals surface area contributed by atoms with Gasteiger partial charge in [0, 0.05) is 28.5 Å². The zero-order chi connectivity index (χ0) is 28.7. The number of benzene rings is 3. The molecule has 3 aromatic carbocycles. The second-order valence-corrected chi connectivity index (χ2v) is 13.3. The van der Waals surface area contributed by atoms with E-state index < -0.39 is 28.5 Å². The molecular weight excluding hydrogens is 614 g/mol. The molecule has 3 aromatic rings. The van der Waals surface area contributed by atoms with E-state index in [1.807, 2.05) is 30.3 Å². The van der Waals surface area contributed by atoms with Gasteiger partial charge in [-0.3, -0.25) is 13.9 Å². The van der Waals surface area contributed by atoms with Crippen molar-refractivity contribution < 1.29 is 18.0 Å². The first-order chi connectivity index (χ1) is 19.1. The zero-order valence-corrected chi connectivity index (χ0v) is 25.5. The number of carbonyl (C=O) groups is 2. The van der Waals surface area contributed by atoms with E-state index in [9.17, 15) is 18.0 Å². The van der Waals surface area contributed by atoms with Gasteiger partial charge in [0.25, 0.3) is 0 Å². The molecule has 1 saturated carbocycles. The molecule has 7 nitrogen and oxygen atoms in total. The van der Waals surface area contributed by atoms with E-state index in [1.165, 1.54) is 4.90 Å². The molecule has 0 aliphatic heterocycles. The number of nitrogens with zero attached hydrogens (tertiary/aromatic N) is 2. The monoisotopic (exact) mass is 645 g/mol. The maximum atomic E-state index is 14.1. The van der Waals surface area contributed by atoms with E-state index in [2.05, 4.69) is 21.2 Å². The van der Waals surface area contributed by atoms with Crippen molar-refractivity contribution in [3.63, 3.8) is 0 Å². The van der Waals surface area contributed by atoms with Gasteiger partial charge in [0.2, 0.25) is 21.8 Å². The van der Waals surface area contributed by atoms with Crippen molar-refractivity contribution in [3.8, 4) is 0 Å². The number of amides is 2. The first kappa shape index (κ1) is 30.1. The number of hydrogen-bond acceptors (Lipinski definition) is 4. The van der Waals surface area contributed by atoms with Gasteiger partial charge in [-0.25, -0.2) is 8.42 Å². The van der Waals surface area contributed by atoms with E-state index in [-0.39, 0.29) is 24.9 Å². The van der Waals surface area contributed by atoms with Crippen molar-refractivity contribution in [2.24, 2.45) is 0 Å². The van der Waals surface area contributed by atoms with Gasteiger partial charge < -0.3 is 10.2 Å². The Morgan fingerprint density at radius 1 is 0.950 bits per heavy atom. The summed E-state index contributed by atoms with van der Waals surface area (Å²) in [7, 11) is -3.83. The van der Waals surface area contributed by atoms with Crippen LogP contribution in [0.25, 0.3) is 0 Å². The van der Waals surface area contributed by atoms with Crippen LogP contribution in [0.2, 0.25) is 5.02 Å². The first-order valence-corrected chi connectivity index (χ1v) is 16.2. The lowest BCUT2D eigenvalue weighted by atomic mass is 10.0. The topological polar surface area (TPSA) is 86.8 Å². The molecule has 212 valence electrons. The molecule has 0 bridgehead atoms. The number of hydrogen-bond donors (Lipinski definition) is 1. The fraction of sp³-hybridized carbons (Fsp3) is 0.333. The molecule has 2 amide bonds. The highest BCUT2D eigenvalue weighted by Crippen LogP contribution is 2.28. The molecule has 0 aromatic heterocycles. The highest BCUT2D eigenvalue weighted by atomic mass is 79.9. The van der Waals surface area contributed by atoms with Gasteiger partial charge in [0.15, 0.2) is 0 Å². The van der Waals surface area contributed by atoms with Gasteiger partial charge in [-0.15, -0.1) is 0 Å². The van der Waals surface area contributed by atoms with Crippen LogP contribution in [0, 0.1) is 0 Å². The number of carbonyl (C=O) groups excluding carboxylic acids is 2. The second kappa shape index (κ2) is 13.7. The van der Waals surface area contributed by atoms with Crippen LogP contribution in [0.1, 0.15) is 36.8 Å². The molecule has 0 saturated heterocycles. The summed E-state index contributed by atoms with van der Waals surface area (Å²) in [4.78, 5) is 29.5. The molecule has 1 N–H and O–H groups in total. The Morgan fingerprint density at radius 3 is 2.20 bits per heavy atom. The molecule has 1 fully saturated rings. The fourth-order valence-electron chi connectivity index (χ4n) is 4.96. The van der Waals surface area contributed by atoms with Gasteiger partial charge >= 0.3 is 0 Å². The lowest BCUT2D eigenvalue weighted by Crippen LogP contribution is -2.54. The van der Waals surface area contributed by atoms with Crippen molar-refractivity contribution in [1.82, 2.24) is 10.2 Å². The fourth-order valence-corrected chi connectivity index (χ4v) is 6.56. The third-order valence-electron chi connectivity index (χ3n) is 7.04. The van der Waals surface area contributed by atoms with Crippen LogP contribution in [0.4, 0.5) is 5.69 Å². The van der Waals surface area contributed by atoms with Crippen molar-refractivity contribution in [2.75, 3.05) is 17.1 Å². The highest BCUT2D eigenvalue weighted by molar-refractivity contribution is 9.10. The smallest absolute Gasteiger partial charge is 0.244 e. The van der Waals surface area contributed by atoms with Crippen molar-refractivity contribution in [2.45, 2.75) is 50.7 Å². The van der Waals surface area contributed by atoms with Crippen LogP contribution >= 0.6 is 27.5 Å². The quantitative estimate of drug-likeness (QED) is 0.295. The number of halogens is 2. The van der Waals surface area contributed by atoms with E-state index in [4.69, 9.17) is 11.6 Å². The minimum absolute atomic E-state index is 0.0612. The summed E-state index contributed by atoms with van der Waals surface area (Å²) < 4.78 is 27.4. The molecule has 0 heterocycles. The van der Waals surface area contributed by atoms with Crippen LogP contribution in [-0.2, 0) is 32.6 Å². The molecule has 4 rings (SSSR count). The minimum Gasteiger partial charge on any atom is -0.352 e. The molecular formula is C30H33BrClN3O4S. The predicted molar refractivity (Wildman–Crippen MR) is 163 cm³/mol. The van der Waals surface area contributed by atoms with Crippen LogP contribution < -0.4 is 9.62 Å². The van der Waals surface area contributed by atoms with E-state index in [1.54, 1.807) is 48.5 Å². The Bertz CT molecular complexity index is 1410. The van der Waals surface area contributed by atoms with Gasteiger partial charge in [-0.05, 0) is 64.2 Å². The molecule has 0 radical (unpaired) electrons. The van der Waals surface area contributed by atoms with Crippen molar-refractivity contribution in [3.05, 3.63) is 99.5 Å². The maximum absolute atomic E-state index is 14.1. The van der Waals surface area contributed by atoms with Crippen LogP contribution in [0.3, 0.4) is 0 Å². The molecule has 0 spiro atoms. The van der Waals surface area contributed by atoms with Gasteiger partial charge in [-0.1, -0.05) is 79.0 Å². The molecule has 10 heteroatoms. The summed E-state index contributed by atoms with van der Waals surface area (Å²) in [6, 6.07) is 22.6. The summed E-state index contributed by atoms with van der Waals surface area (Å²) in [5.74, 6) is -0.733. The average molecular weight is 647 g/mol. The molecule has 40 heavy (non-hydrogen) atoms. The molecule has 1 aliphatic rings. The molecule has 1 aliphatic carbocycles. The minimum atomic E-state index is -3.83. The Hall–Kier alpha value is -2.88. The summed E-state index contributed by atoms with van der Waals surface area (Å²) in [5.41, 5.74) is 2.02. The average Bonchev–Trinajstić information content (AvgIpc) is 3.43. The largest absolute Gasteiger partial charge is 0.352 e. The Balaban J connectivity index is 1.72. The van der Waals surface area contributed by atoms with Gasteiger partial charge in [-0.2, -0.15) is 0 Å². The summed E-state index contributed by atoms with van der Waals surface area (Å²) >= 11 is 9.52. The third kappa shape index (κ3) is 8.08. The lowest BCUT2D eigenvalue weighted by molar-refractivity contribution is -0.140. The van der Waals surface area contributed by atoms with E-state index in [0.29, 0.717) is 15.2 Å². The standard InChI is InChI=1S/C30H33BrClN3O4S/c1-40(38,39)35(27-14-8-7-13-26(27)31)21-29(36)34(20-23-15-17-24(32)18-16-23)28(19-22-9-3-2-4-10-22)30(37)33-25-11-5-6-12-25/h2-4,7-10,13-18,25,28H,5-6,11-12,19-21H2,1H3,(H,33,37). The van der Waals surface area contributed by atoms with Crippen LogP contribution in [0.5, 0.6) is 0 Å². The Labute approximate surface area is 249 Å². The zero-order valence-electron chi connectivity index (χ0n) is 22.3. The SMILES string of the molecule is CS(=O)(=O)N(CC(=O)N(Cc1ccc(Cl)cc1)C(Cc1ccccc1)C(=O)NC1CCCC1)c1ccccc1Br. The lowest BCUT2D eigenvalue weighted by Gasteiger charge is -2.34.